The lowest BCUT2D eigenvalue weighted by molar-refractivity contribution is -0.154. The van der Waals surface area contributed by atoms with Crippen molar-refractivity contribution in [1.82, 2.24) is 34.5 Å². The number of carbonyl (C=O) groups excluding carboxylic acids is 1. The summed E-state index contributed by atoms with van der Waals surface area (Å²) >= 11 is 6.12. The maximum Gasteiger partial charge on any atom is 0.311 e. The Kier molecular flexibility index (Phi) is 5.60. The zero-order valence-electron chi connectivity index (χ0n) is 19.2. The van der Waals surface area contributed by atoms with Gasteiger partial charge in [0.15, 0.2) is 11.5 Å². The molecule has 0 aliphatic heterocycles. The Morgan fingerprint density at radius 2 is 2.06 bits per heavy atom. The van der Waals surface area contributed by atoms with E-state index in [-0.39, 0.29) is 23.1 Å². The molecule has 3 aliphatic rings. The third kappa shape index (κ3) is 4.01. The van der Waals surface area contributed by atoms with Crippen molar-refractivity contribution in [2.45, 2.75) is 38.6 Å². The number of H-pyrrole nitrogens is 1. The van der Waals surface area contributed by atoms with E-state index in [0.717, 1.165) is 25.7 Å². The summed E-state index contributed by atoms with van der Waals surface area (Å²) in [6, 6.07) is 1.83. The summed E-state index contributed by atoms with van der Waals surface area (Å²) in [4.78, 5) is 38.6. The molecule has 180 valence electrons. The first-order chi connectivity index (χ1) is 17.1. The molecule has 2 atom stereocenters. The lowest BCUT2D eigenvalue weighted by atomic mass is 9.61. The molecular weight excluding hydrogens is 468 g/mol. The van der Waals surface area contributed by atoms with Crippen molar-refractivity contribution >= 4 is 34.6 Å². The van der Waals surface area contributed by atoms with E-state index in [0.29, 0.717) is 52.6 Å². The monoisotopic (exact) mass is 492 g/mol. The first-order valence-corrected chi connectivity index (χ1v) is 12.3. The minimum atomic E-state index is -0.185. The number of nitrogens with zero attached hydrogens (tertiary/aromatic N) is 6. The highest BCUT2D eigenvalue weighted by Crippen LogP contribution is 2.46. The van der Waals surface area contributed by atoms with Crippen LogP contribution in [0.25, 0.3) is 28.4 Å². The molecule has 0 unspecified atom stereocenters. The van der Waals surface area contributed by atoms with E-state index in [9.17, 15) is 4.79 Å². The van der Waals surface area contributed by atoms with Crippen LogP contribution in [0, 0.1) is 17.8 Å². The fourth-order valence-electron chi connectivity index (χ4n) is 5.60. The molecule has 0 amide bonds. The van der Waals surface area contributed by atoms with Crippen LogP contribution in [0.1, 0.15) is 32.6 Å². The summed E-state index contributed by atoms with van der Waals surface area (Å²) in [6.07, 6.45) is 12.8. The number of fused-ring (bicyclic) bond motifs is 4. The van der Waals surface area contributed by atoms with E-state index in [2.05, 4.69) is 25.3 Å². The standard InChI is InChI=1S/C24H25ClN8O2/c1-2-35-24(34)19-13-3-5-14(6-4-13)20(19)30-17-9-18(33-8-7-26-12-33)32-22(31-17)15-10-27-23-21(15)29-16(25)11-28-23/h7-14,19-20H,2-6H2,1H3,(H,27,28)(H,30,31,32)/t13?,14?,19-,20-/m1/s1. The van der Waals surface area contributed by atoms with Gasteiger partial charge in [-0.2, -0.15) is 0 Å². The van der Waals surface area contributed by atoms with Crippen molar-refractivity contribution in [1.29, 1.82) is 0 Å². The van der Waals surface area contributed by atoms with E-state index in [4.69, 9.17) is 26.3 Å². The van der Waals surface area contributed by atoms with Gasteiger partial charge in [0, 0.05) is 30.7 Å². The Bertz CT molecular complexity index is 1360. The first-order valence-electron chi connectivity index (χ1n) is 11.9. The number of carbonyl (C=O) groups is 1. The molecule has 11 heteroatoms. The lowest BCUT2D eigenvalue weighted by Gasteiger charge is -2.47. The van der Waals surface area contributed by atoms with Gasteiger partial charge in [0.1, 0.15) is 28.6 Å². The van der Waals surface area contributed by atoms with Crippen LogP contribution >= 0.6 is 11.6 Å². The number of anilines is 1. The molecule has 0 aromatic carbocycles. The molecule has 0 spiro atoms. The predicted molar refractivity (Wildman–Crippen MR) is 130 cm³/mol. The lowest BCUT2D eigenvalue weighted by Crippen LogP contribution is -2.52. The molecule has 0 radical (unpaired) electrons. The number of ether oxygens (including phenoxy) is 1. The molecular formula is C24H25ClN8O2. The van der Waals surface area contributed by atoms with Crippen LogP contribution in [0.2, 0.25) is 5.15 Å². The topological polar surface area (TPSA) is 123 Å². The molecule has 4 heterocycles. The largest absolute Gasteiger partial charge is 0.466 e. The Morgan fingerprint density at radius 3 is 2.83 bits per heavy atom. The summed E-state index contributed by atoms with van der Waals surface area (Å²) in [5.41, 5.74) is 1.88. The molecule has 4 aromatic rings. The minimum Gasteiger partial charge on any atom is -0.466 e. The number of imidazole rings is 1. The van der Waals surface area contributed by atoms with Gasteiger partial charge in [0.05, 0.1) is 24.3 Å². The number of esters is 1. The Morgan fingerprint density at radius 1 is 1.23 bits per heavy atom. The van der Waals surface area contributed by atoms with Crippen molar-refractivity contribution < 1.29 is 9.53 Å². The zero-order chi connectivity index (χ0) is 23.9. The van der Waals surface area contributed by atoms with Crippen LogP contribution in [0.15, 0.2) is 37.2 Å². The molecule has 7 rings (SSSR count). The van der Waals surface area contributed by atoms with E-state index in [1.807, 2.05) is 23.8 Å². The van der Waals surface area contributed by atoms with Crippen LogP contribution in [0.4, 0.5) is 5.82 Å². The Balaban J connectivity index is 1.42. The molecule has 3 fully saturated rings. The first kappa shape index (κ1) is 22.0. The van der Waals surface area contributed by atoms with Gasteiger partial charge in [-0.3, -0.25) is 9.36 Å². The van der Waals surface area contributed by atoms with Crippen molar-refractivity contribution in [3.8, 4) is 17.2 Å². The molecule has 35 heavy (non-hydrogen) atoms. The maximum absolute atomic E-state index is 12.9. The highest BCUT2D eigenvalue weighted by molar-refractivity contribution is 6.29. The summed E-state index contributed by atoms with van der Waals surface area (Å²) in [5.74, 6) is 2.16. The average Bonchev–Trinajstić information content (AvgIpc) is 3.55. The highest BCUT2D eigenvalue weighted by Gasteiger charge is 2.48. The maximum atomic E-state index is 12.9. The second kappa shape index (κ2) is 8.92. The van der Waals surface area contributed by atoms with Gasteiger partial charge in [-0.1, -0.05) is 11.6 Å². The Labute approximate surface area is 206 Å². The van der Waals surface area contributed by atoms with E-state index < -0.39 is 0 Å². The SMILES string of the molecule is CCOC(=O)[C@@H]1C2CCC(CC2)[C@H]1Nc1cc(-n2ccnc2)nc(-c2c[nH]c3ncc(Cl)nc23)n1. The fraction of sp³-hybridized carbons (Fsp3) is 0.417. The third-order valence-corrected chi connectivity index (χ3v) is 7.35. The van der Waals surface area contributed by atoms with Gasteiger partial charge >= 0.3 is 5.97 Å². The van der Waals surface area contributed by atoms with Gasteiger partial charge in [0.2, 0.25) is 0 Å². The minimum absolute atomic E-state index is 0.0443. The molecule has 3 saturated carbocycles. The fourth-order valence-corrected chi connectivity index (χ4v) is 5.73. The van der Waals surface area contributed by atoms with Crippen LogP contribution < -0.4 is 5.32 Å². The second-order valence-corrected chi connectivity index (χ2v) is 9.51. The van der Waals surface area contributed by atoms with Crippen LogP contribution in [-0.2, 0) is 9.53 Å². The number of nitrogens with one attached hydrogen (secondary N) is 2. The van der Waals surface area contributed by atoms with Crippen molar-refractivity contribution in [3.63, 3.8) is 0 Å². The summed E-state index contributed by atoms with van der Waals surface area (Å²) in [7, 11) is 0. The van der Waals surface area contributed by atoms with Crippen molar-refractivity contribution in [2.24, 2.45) is 17.8 Å². The third-order valence-electron chi connectivity index (χ3n) is 7.17. The quantitative estimate of drug-likeness (QED) is 0.386. The van der Waals surface area contributed by atoms with Crippen LogP contribution in [-0.4, -0.2) is 53.1 Å². The van der Waals surface area contributed by atoms with E-state index in [1.54, 1.807) is 18.7 Å². The van der Waals surface area contributed by atoms with E-state index >= 15 is 0 Å². The number of aromatic nitrogens is 7. The molecule has 10 nitrogen and oxygen atoms in total. The van der Waals surface area contributed by atoms with E-state index in [1.165, 1.54) is 6.20 Å². The van der Waals surface area contributed by atoms with Gasteiger partial charge in [0.25, 0.3) is 0 Å². The molecule has 2 N–H and O–H groups in total. The van der Waals surface area contributed by atoms with Crippen molar-refractivity contribution in [3.05, 3.63) is 42.3 Å². The van der Waals surface area contributed by atoms with Gasteiger partial charge in [-0.05, 0) is 44.4 Å². The zero-order valence-corrected chi connectivity index (χ0v) is 19.9. The number of aromatic amines is 1. The molecule has 4 aromatic heterocycles. The van der Waals surface area contributed by atoms with Crippen molar-refractivity contribution in [2.75, 3.05) is 11.9 Å². The number of halogens is 1. The van der Waals surface area contributed by atoms with Crippen LogP contribution in [0.3, 0.4) is 0 Å². The second-order valence-electron chi connectivity index (χ2n) is 9.12. The Hall–Kier alpha value is -3.53. The summed E-state index contributed by atoms with van der Waals surface area (Å²) in [5, 5.41) is 3.90. The normalized spacial score (nSPS) is 23.5. The summed E-state index contributed by atoms with van der Waals surface area (Å²) < 4.78 is 7.29. The highest BCUT2D eigenvalue weighted by atomic mass is 35.5. The molecule has 3 aliphatic carbocycles. The summed E-state index contributed by atoms with van der Waals surface area (Å²) in [6.45, 7) is 2.23. The van der Waals surface area contributed by atoms with Gasteiger partial charge in [-0.15, -0.1) is 0 Å². The predicted octanol–water partition coefficient (Wildman–Crippen LogP) is 4.03. The number of hydrogen-bond donors (Lipinski definition) is 2. The smallest absolute Gasteiger partial charge is 0.311 e. The molecule has 2 bridgehead atoms. The number of rotatable bonds is 6. The van der Waals surface area contributed by atoms with Crippen LogP contribution in [0.5, 0.6) is 0 Å². The molecule has 0 saturated heterocycles. The number of hydrogen-bond acceptors (Lipinski definition) is 8. The average molecular weight is 493 g/mol. The van der Waals surface area contributed by atoms with Gasteiger partial charge in [-0.25, -0.2) is 24.9 Å². The van der Waals surface area contributed by atoms with Gasteiger partial charge < -0.3 is 15.0 Å².